The van der Waals surface area contributed by atoms with Crippen LogP contribution in [0.25, 0.3) is 0 Å². The molecule has 2 saturated heterocycles. The van der Waals surface area contributed by atoms with E-state index in [1.165, 1.54) is 0 Å². The van der Waals surface area contributed by atoms with Gasteiger partial charge in [-0.1, -0.05) is 0 Å². The number of morpholine rings is 1. The van der Waals surface area contributed by atoms with Gasteiger partial charge in [0.1, 0.15) is 5.82 Å². The van der Waals surface area contributed by atoms with Gasteiger partial charge in [-0.3, -0.25) is 9.59 Å². The van der Waals surface area contributed by atoms with E-state index in [9.17, 15) is 14.7 Å². The lowest BCUT2D eigenvalue weighted by Crippen LogP contribution is -2.49. The molecule has 7 heteroatoms. The zero-order valence-corrected chi connectivity index (χ0v) is 15.6. The number of piperidine rings is 1. The number of likely N-dealkylation sites (tertiary alicyclic amines) is 1. The molecule has 142 valence electrons. The minimum Gasteiger partial charge on any atom is -0.481 e. The van der Waals surface area contributed by atoms with Gasteiger partial charge in [0, 0.05) is 31.9 Å². The number of aliphatic carboxylic acids is 1. The Morgan fingerprint density at radius 3 is 2.46 bits per heavy atom. The Bertz CT molecular complexity index is 653. The monoisotopic (exact) mass is 361 g/mol. The Morgan fingerprint density at radius 2 is 1.88 bits per heavy atom. The lowest BCUT2D eigenvalue weighted by Gasteiger charge is -2.37. The van der Waals surface area contributed by atoms with E-state index in [0.29, 0.717) is 24.9 Å². The predicted octanol–water partition coefficient (Wildman–Crippen LogP) is 2.02. The molecule has 2 fully saturated rings. The van der Waals surface area contributed by atoms with Crippen molar-refractivity contribution in [2.45, 2.75) is 51.9 Å². The molecular weight excluding hydrogens is 334 g/mol. The molecule has 2 aliphatic heterocycles. The SMILES string of the molecule is CC1CN(c2ccc(C(=O)N3CCC[C@H](C(=O)O)[C@@H]3C)cn2)CC(C)O1. The maximum absolute atomic E-state index is 12.8. The summed E-state index contributed by atoms with van der Waals surface area (Å²) in [5, 5.41) is 9.34. The average molecular weight is 361 g/mol. The molecule has 0 aliphatic carbocycles. The number of ether oxygens (including phenoxy) is 1. The van der Waals surface area contributed by atoms with E-state index < -0.39 is 11.9 Å². The standard InChI is InChI=1S/C19H27N3O4/c1-12-10-21(11-13(2)26-12)17-7-6-15(9-20-17)18(23)22-8-4-5-16(14(22)3)19(24)25/h6-7,9,12-14,16H,4-5,8,10-11H2,1-3H3,(H,24,25)/t12?,13?,14-,16-/m0/s1. The molecule has 1 aromatic rings. The van der Waals surface area contributed by atoms with Gasteiger partial charge in [0.05, 0.1) is 23.7 Å². The Hall–Kier alpha value is -2.15. The number of hydrogen-bond donors (Lipinski definition) is 1. The third kappa shape index (κ3) is 3.82. The van der Waals surface area contributed by atoms with Crippen LogP contribution in [0.5, 0.6) is 0 Å². The Balaban J connectivity index is 1.71. The summed E-state index contributed by atoms with van der Waals surface area (Å²) >= 11 is 0. The van der Waals surface area contributed by atoms with Crippen LogP contribution in [0.2, 0.25) is 0 Å². The first-order valence-corrected chi connectivity index (χ1v) is 9.27. The van der Waals surface area contributed by atoms with Crippen LogP contribution in [0.4, 0.5) is 5.82 Å². The minimum atomic E-state index is -0.834. The van der Waals surface area contributed by atoms with Gasteiger partial charge in [0.2, 0.25) is 0 Å². The quantitative estimate of drug-likeness (QED) is 0.887. The number of rotatable bonds is 3. The van der Waals surface area contributed by atoms with Gasteiger partial charge in [-0.25, -0.2) is 4.98 Å². The molecule has 0 saturated carbocycles. The second-order valence-electron chi connectivity index (χ2n) is 7.39. The highest BCUT2D eigenvalue weighted by Crippen LogP contribution is 2.26. The second kappa shape index (κ2) is 7.61. The van der Waals surface area contributed by atoms with Gasteiger partial charge in [-0.05, 0) is 45.7 Å². The fourth-order valence-electron chi connectivity index (χ4n) is 3.99. The number of nitrogens with zero attached hydrogens (tertiary/aromatic N) is 3. The van der Waals surface area contributed by atoms with E-state index in [1.807, 2.05) is 26.8 Å². The summed E-state index contributed by atoms with van der Waals surface area (Å²) in [6.07, 6.45) is 3.21. The maximum Gasteiger partial charge on any atom is 0.308 e. The van der Waals surface area contributed by atoms with Crippen LogP contribution in [0.15, 0.2) is 18.3 Å². The highest BCUT2D eigenvalue weighted by molar-refractivity contribution is 5.94. The smallest absolute Gasteiger partial charge is 0.308 e. The fraction of sp³-hybridized carbons (Fsp3) is 0.632. The highest BCUT2D eigenvalue weighted by Gasteiger charge is 2.35. The zero-order valence-electron chi connectivity index (χ0n) is 15.6. The molecule has 2 unspecified atom stereocenters. The van der Waals surface area contributed by atoms with Crippen LogP contribution in [-0.4, -0.2) is 64.8 Å². The van der Waals surface area contributed by atoms with Gasteiger partial charge in [-0.15, -0.1) is 0 Å². The number of aromatic nitrogens is 1. The molecule has 4 atom stereocenters. The van der Waals surface area contributed by atoms with Crippen molar-refractivity contribution in [1.82, 2.24) is 9.88 Å². The number of anilines is 1. The summed E-state index contributed by atoms with van der Waals surface area (Å²) in [6, 6.07) is 3.34. The van der Waals surface area contributed by atoms with E-state index in [-0.39, 0.29) is 24.2 Å². The van der Waals surface area contributed by atoms with E-state index in [2.05, 4.69) is 9.88 Å². The summed E-state index contributed by atoms with van der Waals surface area (Å²) in [6.45, 7) is 8.02. The van der Waals surface area contributed by atoms with Gasteiger partial charge >= 0.3 is 5.97 Å². The predicted molar refractivity (Wildman–Crippen MR) is 97.3 cm³/mol. The number of carbonyl (C=O) groups excluding carboxylic acids is 1. The van der Waals surface area contributed by atoms with Gasteiger partial charge < -0.3 is 19.6 Å². The first-order chi connectivity index (χ1) is 12.4. The summed E-state index contributed by atoms with van der Waals surface area (Å²) in [5.41, 5.74) is 0.501. The average Bonchev–Trinajstić information content (AvgIpc) is 2.60. The molecule has 1 N–H and O–H groups in total. The number of carboxylic acids is 1. The minimum absolute atomic E-state index is 0.143. The Morgan fingerprint density at radius 1 is 1.19 bits per heavy atom. The number of hydrogen-bond acceptors (Lipinski definition) is 5. The van der Waals surface area contributed by atoms with Gasteiger partial charge in [0.15, 0.2) is 0 Å². The largest absolute Gasteiger partial charge is 0.481 e. The van der Waals surface area contributed by atoms with Gasteiger partial charge in [-0.2, -0.15) is 0 Å². The summed E-state index contributed by atoms with van der Waals surface area (Å²) < 4.78 is 5.74. The van der Waals surface area contributed by atoms with Crippen LogP contribution in [0, 0.1) is 5.92 Å². The molecule has 3 heterocycles. The van der Waals surface area contributed by atoms with Crippen molar-refractivity contribution in [3.05, 3.63) is 23.9 Å². The number of amides is 1. The third-order valence-electron chi connectivity index (χ3n) is 5.30. The molecule has 0 bridgehead atoms. The lowest BCUT2D eigenvalue weighted by atomic mass is 9.90. The third-order valence-corrected chi connectivity index (χ3v) is 5.30. The molecule has 1 aromatic heterocycles. The Kier molecular flexibility index (Phi) is 5.46. The molecule has 3 rings (SSSR count). The molecule has 0 radical (unpaired) electrons. The van der Waals surface area contributed by atoms with E-state index in [4.69, 9.17) is 4.74 Å². The topological polar surface area (TPSA) is 83.0 Å². The number of carboxylic acid groups (broad SMARTS) is 1. The molecule has 26 heavy (non-hydrogen) atoms. The molecule has 0 spiro atoms. The molecule has 1 amide bonds. The first kappa shape index (κ1) is 18.6. The number of pyridine rings is 1. The summed E-state index contributed by atoms with van der Waals surface area (Å²) in [5.74, 6) is -0.653. The van der Waals surface area contributed by atoms with Crippen molar-refractivity contribution in [2.75, 3.05) is 24.5 Å². The first-order valence-electron chi connectivity index (χ1n) is 9.27. The van der Waals surface area contributed by atoms with Crippen molar-refractivity contribution >= 4 is 17.7 Å². The van der Waals surface area contributed by atoms with E-state index in [0.717, 1.165) is 18.9 Å². The maximum atomic E-state index is 12.8. The fourth-order valence-corrected chi connectivity index (χ4v) is 3.99. The molecule has 7 nitrogen and oxygen atoms in total. The molecule has 0 aromatic carbocycles. The van der Waals surface area contributed by atoms with E-state index >= 15 is 0 Å². The van der Waals surface area contributed by atoms with Crippen LogP contribution >= 0.6 is 0 Å². The molecule has 2 aliphatic rings. The van der Waals surface area contributed by atoms with Crippen LogP contribution in [-0.2, 0) is 9.53 Å². The lowest BCUT2D eigenvalue weighted by molar-refractivity contribution is -0.144. The number of carbonyl (C=O) groups is 2. The zero-order chi connectivity index (χ0) is 18.8. The van der Waals surface area contributed by atoms with E-state index in [1.54, 1.807) is 17.2 Å². The van der Waals surface area contributed by atoms with Crippen LogP contribution < -0.4 is 4.90 Å². The highest BCUT2D eigenvalue weighted by atomic mass is 16.5. The summed E-state index contributed by atoms with van der Waals surface area (Å²) in [7, 11) is 0. The summed E-state index contributed by atoms with van der Waals surface area (Å²) in [4.78, 5) is 32.5. The normalized spacial score (nSPS) is 29.5. The van der Waals surface area contributed by atoms with Crippen molar-refractivity contribution in [3.8, 4) is 0 Å². The second-order valence-corrected chi connectivity index (χ2v) is 7.39. The Labute approximate surface area is 153 Å². The van der Waals surface area contributed by atoms with Crippen LogP contribution in [0.3, 0.4) is 0 Å². The van der Waals surface area contributed by atoms with Crippen molar-refractivity contribution in [2.24, 2.45) is 5.92 Å². The van der Waals surface area contributed by atoms with Crippen molar-refractivity contribution < 1.29 is 19.4 Å². The van der Waals surface area contributed by atoms with Gasteiger partial charge in [0.25, 0.3) is 5.91 Å². The van der Waals surface area contributed by atoms with Crippen LogP contribution in [0.1, 0.15) is 44.0 Å². The van der Waals surface area contributed by atoms with Crippen molar-refractivity contribution in [3.63, 3.8) is 0 Å². The van der Waals surface area contributed by atoms with Crippen molar-refractivity contribution in [1.29, 1.82) is 0 Å². The molecular formula is C19H27N3O4.